The molecular weight excluding hydrogens is 362 g/mol. The maximum atomic E-state index is 13.1. The Hall–Kier alpha value is -1.81. The number of hydrogen-bond donors (Lipinski definition) is 1. The Bertz CT molecular complexity index is 836. The number of carbonyl (C=O) groups is 2. The van der Waals surface area contributed by atoms with Crippen molar-refractivity contribution in [2.75, 3.05) is 0 Å². The van der Waals surface area contributed by atoms with Crippen molar-refractivity contribution in [3.05, 3.63) is 34.5 Å². The molecule has 0 aliphatic carbocycles. The number of aliphatic carboxylic acids is 1. The summed E-state index contributed by atoms with van der Waals surface area (Å²) in [5, 5.41) is 10.8. The molecule has 0 bridgehead atoms. The van der Waals surface area contributed by atoms with Gasteiger partial charge in [0.1, 0.15) is 0 Å². The topological polar surface area (TPSA) is 59.3 Å². The van der Waals surface area contributed by atoms with Crippen molar-refractivity contribution in [2.24, 2.45) is 12.5 Å². The number of aromatic nitrogens is 1. The summed E-state index contributed by atoms with van der Waals surface area (Å²) in [5.41, 5.74) is 1.82. The molecule has 0 aliphatic heterocycles. The van der Waals surface area contributed by atoms with E-state index < -0.39 is 11.4 Å². The Morgan fingerprint density at radius 2 is 1.89 bits per heavy atom. The highest BCUT2D eigenvalue weighted by atomic mass is 35.5. The molecule has 1 N–H and O–H groups in total. The van der Waals surface area contributed by atoms with Crippen LogP contribution in [0.25, 0.3) is 10.9 Å². The Labute approximate surface area is 166 Å². The summed E-state index contributed by atoms with van der Waals surface area (Å²) in [6.45, 7) is 5.50. The normalized spacial score (nSPS) is 11.9. The van der Waals surface area contributed by atoms with E-state index in [4.69, 9.17) is 11.6 Å². The molecule has 0 amide bonds. The first-order valence-corrected chi connectivity index (χ1v) is 10.1. The van der Waals surface area contributed by atoms with Gasteiger partial charge in [-0.3, -0.25) is 9.59 Å². The van der Waals surface area contributed by atoms with Crippen LogP contribution in [0.1, 0.15) is 75.3 Å². The van der Waals surface area contributed by atoms with Gasteiger partial charge in [-0.1, -0.05) is 37.8 Å². The summed E-state index contributed by atoms with van der Waals surface area (Å²) >= 11 is 6.20. The molecule has 1 aromatic heterocycles. The molecule has 1 heterocycles. The summed E-state index contributed by atoms with van der Waals surface area (Å²) in [6.07, 6.45) is 5.89. The van der Waals surface area contributed by atoms with Gasteiger partial charge in [-0.2, -0.15) is 0 Å². The number of aryl methyl sites for hydroxylation is 1. The van der Waals surface area contributed by atoms with Crippen molar-refractivity contribution in [2.45, 2.75) is 65.7 Å². The number of fused-ring (bicyclic) bond motifs is 1. The van der Waals surface area contributed by atoms with E-state index in [9.17, 15) is 14.7 Å². The fraction of sp³-hybridized carbons (Fsp3) is 0.545. The zero-order valence-corrected chi connectivity index (χ0v) is 17.5. The lowest BCUT2D eigenvalue weighted by Crippen LogP contribution is -2.24. The highest BCUT2D eigenvalue weighted by molar-refractivity contribution is 6.31. The van der Waals surface area contributed by atoms with Crippen LogP contribution in [-0.4, -0.2) is 21.4 Å². The van der Waals surface area contributed by atoms with E-state index in [0.717, 1.165) is 35.9 Å². The SMILES string of the molecule is CCCCCCc1c(C(=O)CCC(C)(C)C(=O)O)c2cc(Cl)ccc2n1C. The first kappa shape index (κ1) is 21.5. The zero-order chi connectivity index (χ0) is 20.2. The van der Waals surface area contributed by atoms with Crippen molar-refractivity contribution in [1.82, 2.24) is 4.57 Å². The maximum absolute atomic E-state index is 13.1. The first-order chi connectivity index (χ1) is 12.7. The Kier molecular flexibility index (Phi) is 7.10. The Morgan fingerprint density at radius 3 is 2.52 bits per heavy atom. The molecule has 0 fully saturated rings. The predicted octanol–water partition coefficient (Wildman–Crippen LogP) is 6.03. The second-order valence-electron chi connectivity index (χ2n) is 7.97. The van der Waals surface area contributed by atoms with Gasteiger partial charge in [-0.25, -0.2) is 0 Å². The highest BCUT2D eigenvalue weighted by Crippen LogP contribution is 2.32. The van der Waals surface area contributed by atoms with Gasteiger partial charge in [0.15, 0.2) is 5.78 Å². The van der Waals surface area contributed by atoms with Crippen LogP contribution >= 0.6 is 11.6 Å². The number of unbranched alkanes of at least 4 members (excludes halogenated alkanes) is 3. The largest absolute Gasteiger partial charge is 0.481 e. The minimum Gasteiger partial charge on any atom is -0.481 e. The number of rotatable bonds is 10. The van der Waals surface area contributed by atoms with Crippen LogP contribution in [0.5, 0.6) is 0 Å². The minimum absolute atomic E-state index is 0.00248. The smallest absolute Gasteiger partial charge is 0.309 e. The van der Waals surface area contributed by atoms with E-state index in [2.05, 4.69) is 11.5 Å². The number of ketones is 1. The van der Waals surface area contributed by atoms with E-state index in [-0.39, 0.29) is 12.2 Å². The number of carboxylic acid groups (broad SMARTS) is 1. The van der Waals surface area contributed by atoms with Crippen molar-refractivity contribution < 1.29 is 14.7 Å². The number of carbonyl (C=O) groups excluding carboxylic acids is 1. The molecule has 0 radical (unpaired) electrons. The second kappa shape index (κ2) is 8.92. The second-order valence-corrected chi connectivity index (χ2v) is 8.40. The molecule has 1 aromatic carbocycles. The number of nitrogens with zero attached hydrogens (tertiary/aromatic N) is 1. The van der Waals surface area contributed by atoms with Gasteiger partial charge in [0.2, 0.25) is 0 Å². The van der Waals surface area contributed by atoms with Gasteiger partial charge >= 0.3 is 5.97 Å². The van der Waals surface area contributed by atoms with Gasteiger partial charge in [0.25, 0.3) is 0 Å². The van der Waals surface area contributed by atoms with Crippen LogP contribution in [0, 0.1) is 5.41 Å². The fourth-order valence-electron chi connectivity index (χ4n) is 3.45. The van der Waals surface area contributed by atoms with E-state index in [1.54, 1.807) is 13.8 Å². The number of hydrogen-bond acceptors (Lipinski definition) is 2. The van der Waals surface area contributed by atoms with Crippen LogP contribution in [0.4, 0.5) is 0 Å². The van der Waals surface area contributed by atoms with E-state index >= 15 is 0 Å². The van der Waals surface area contributed by atoms with Crippen molar-refractivity contribution >= 4 is 34.3 Å². The van der Waals surface area contributed by atoms with Crippen LogP contribution < -0.4 is 0 Å². The van der Waals surface area contributed by atoms with Crippen molar-refractivity contribution in [3.63, 3.8) is 0 Å². The van der Waals surface area contributed by atoms with Gasteiger partial charge in [0.05, 0.1) is 5.41 Å². The average Bonchev–Trinajstić information content (AvgIpc) is 2.88. The molecule has 2 aromatic rings. The predicted molar refractivity (Wildman–Crippen MR) is 111 cm³/mol. The fourth-order valence-corrected chi connectivity index (χ4v) is 3.62. The van der Waals surface area contributed by atoms with Crippen LogP contribution in [0.3, 0.4) is 0 Å². The molecular formula is C22H30ClNO3. The number of benzene rings is 1. The number of carboxylic acids is 1. The van der Waals surface area contributed by atoms with E-state index in [1.165, 1.54) is 12.8 Å². The number of halogens is 1. The Morgan fingerprint density at radius 1 is 1.19 bits per heavy atom. The van der Waals surface area contributed by atoms with E-state index in [1.807, 2.05) is 25.2 Å². The van der Waals surface area contributed by atoms with Crippen LogP contribution in [0.2, 0.25) is 5.02 Å². The minimum atomic E-state index is -0.917. The first-order valence-electron chi connectivity index (χ1n) is 9.72. The molecule has 0 saturated heterocycles. The average molecular weight is 392 g/mol. The van der Waals surface area contributed by atoms with Crippen molar-refractivity contribution in [1.29, 1.82) is 0 Å². The third-order valence-electron chi connectivity index (χ3n) is 5.38. The number of Topliss-reactive ketones (excluding diaryl/α,β-unsaturated/α-hetero) is 1. The van der Waals surface area contributed by atoms with Gasteiger partial charge in [0, 0.05) is 40.7 Å². The van der Waals surface area contributed by atoms with Gasteiger partial charge in [-0.15, -0.1) is 0 Å². The van der Waals surface area contributed by atoms with Gasteiger partial charge in [-0.05, 0) is 51.3 Å². The third-order valence-corrected chi connectivity index (χ3v) is 5.62. The molecule has 0 atom stereocenters. The lowest BCUT2D eigenvalue weighted by atomic mass is 9.86. The lowest BCUT2D eigenvalue weighted by Gasteiger charge is -2.18. The zero-order valence-electron chi connectivity index (χ0n) is 16.8. The molecule has 2 rings (SSSR count). The molecule has 5 heteroatoms. The molecule has 0 unspecified atom stereocenters. The summed E-state index contributed by atoms with van der Waals surface area (Å²) in [5.74, 6) is -0.876. The summed E-state index contributed by atoms with van der Waals surface area (Å²) < 4.78 is 2.09. The highest BCUT2D eigenvalue weighted by Gasteiger charge is 2.29. The molecule has 4 nitrogen and oxygen atoms in total. The quantitative estimate of drug-likeness (QED) is 0.397. The van der Waals surface area contributed by atoms with Gasteiger partial charge < -0.3 is 9.67 Å². The third kappa shape index (κ3) is 4.92. The molecule has 0 aliphatic rings. The monoisotopic (exact) mass is 391 g/mol. The van der Waals surface area contributed by atoms with Crippen molar-refractivity contribution in [3.8, 4) is 0 Å². The summed E-state index contributed by atoms with van der Waals surface area (Å²) in [7, 11) is 1.99. The van der Waals surface area contributed by atoms with Crippen LogP contribution in [-0.2, 0) is 18.3 Å². The van der Waals surface area contributed by atoms with Crippen LogP contribution in [0.15, 0.2) is 18.2 Å². The lowest BCUT2D eigenvalue weighted by molar-refractivity contribution is -0.147. The molecule has 148 valence electrons. The standard InChI is InChI=1S/C22H30ClNO3/c1-5-6-7-8-9-18-20(19(25)12-13-22(2,3)21(26)27)16-14-15(23)10-11-17(16)24(18)4/h10-11,14H,5-9,12-13H2,1-4H3,(H,26,27). The molecule has 27 heavy (non-hydrogen) atoms. The van der Waals surface area contributed by atoms with E-state index in [0.29, 0.717) is 17.0 Å². The Balaban J connectivity index is 2.37. The molecule has 0 saturated carbocycles. The summed E-state index contributed by atoms with van der Waals surface area (Å²) in [6, 6.07) is 5.64. The summed E-state index contributed by atoms with van der Waals surface area (Å²) in [4.78, 5) is 24.5. The maximum Gasteiger partial charge on any atom is 0.309 e. The molecule has 0 spiro atoms.